The second-order valence-electron chi connectivity index (χ2n) is 8.04. The molecule has 0 aromatic carbocycles. The molecule has 164 valence electrons. The zero-order valence-electron chi connectivity index (χ0n) is 17.8. The standard InChI is InChI=1S/C22H27N5O4/c1-14-5-3-8-27-19(14)24-20-16(21(27)29)13-17(26(20)9-4-12-31-2)22(30)25-10-6-15(7-11-25)18(23)28/h3,5,8,13,15H,4,6-7,9-12H2,1-2H3,(H2,23,28). The van der Waals surface area contributed by atoms with Gasteiger partial charge in [0.2, 0.25) is 5.91 Å². The smallest absolute Gasteiger partial charge is 0.270 e. The molecule has 0 aliphatic carbocycles. The molecule has 3 aromatic heterocycles. The summed E-state index contributed by atoms with van der Waals surface area (Å²) in [6.07, 6.45) is 3.47. The number of nitrogens with two attached hydrogens (primary N) is 1. The zero-order valence-corrected chi connectivity index (χ0v) is 17.8. The Morgan fingerprint density at radius 2 is 2.00 bits per heavy atom. The van der Waals surface area contributed by atoms with Crippen molar-refractivity contribution in [3.05, 3.63) is 46.0 Å². The SMILES string of the molecule is COCCCn1c(C(=O)N2CCC(C(N)=O)CC2)cc2c(=O)n3cccc(C)c3nc21. The summed E-state index contributed by atoms with van der Waals surface area (Å²) in [6.45, 7) is 3.85. The number of ether oxygens (including phenoxy) is 1. The number of pyridine rings is 1. The van der Waals surface area contributed by atoms with Gasteiger partial charge in [-0.3, -0.25) is 18.8 Å². The normalized spacial score (nSPS) is 15.1. The predicted octanol–water partition coefficient (Wildman–Crippen LogP) is 1.33. The van der Waals surface area contributed by atoms with Crippen molar-refractivity contribution in [2.24, 2.45) is 11.7 Å². The monoisotopic (exact) mass is 425 g/mol. The van der Waals surface area contributed by atoms with Gasteiger partial charge in [0, 0.05) is 45.5 Å². The van der Waals surface area contributed by atoms with Gasteiger partial charge < -0.3 is 19.9 Å². The van der Waals surface area contributed by atoms with E-state index in [1.165, 1.54) is 4.40 Å². The Kier molecular flexibility index (Phi) is 5.77. The summed E-state index contributed by atoms with van der Waals surface area (Å²) >= 11 is 0. The Balaban J connectivity index is 1.79. The molecule has 9 heteroatoms. The van der Waals surface area contributed by atoms with Crippen molar-refractivity contribution in [2.45, 2.75) is 32.7 Å². The average Bonchev–Trinajstić information content (AvgIpc) is 3.13. The lowest BCUT2D eigenvalue weighted by molar-refractivity contribution is -0.123. The van der Waals surface area contributed by atoms with Crippen LogP contribution in [0.25, 0.3) is 16.7 Å². The van der Waals surface area contributed by atoms with Gasteiger partial charge in [-0.2, -0.15) is 0 Å². The number of likely N-dealkylation sites (tertiary alicyclic amines) is 1. The molecule has 1 aliphatic rings. The van der Waals surface area contributed by atoms with Crippen molar-refractivity contribution in [2.75, 3.05) is 26.8 Å². The number of rotatable bonds is 6. The van der Waals surface area contributed by atoms with Gasteiger partial charge in [0.05, 0.1) is 5.39 Å². The van der Waals surface area contributed by atoms with Gasteiger partial charge in [-0.15, -0.1) is 0 Å². The summed E-state index contributed by atoms with van der Waals surface area (Å²) < 4.78 is 8.52. The van der Waals surface area contributed by atoms with Crippen molar-refractivity contribution < 1.29 is 14.3 Å². The Morgan fingerprint density at radius 3 is 2.68 bits per heavy atom. The van der Waals surface area contributed by atoms with E-state index < -0.39 is 0 Å². The highest BCUT2D eigenvalue weighted by molar-refractivity contribution is 5.98. The fourth-order valence-corrected chi connectivity index (χ4v) is 4.26. The Morgan fingerprint density at radius 1 is 1.26 bits per heavy atom. The van der Waals surface area contributed by atoms with E-state index in [1.54, 1.807) is 24.3 Å². The quantitative estimate of drug-likeness (QED) is 0.599. The van der Waals surface area contributed by atoms with Crippen molar-refractivity contribution in [3.63, 3.8) is 0 Å². The fraction of sp³-hybridized carbons (Fsp3) is 0.455. The molecule has 4 heterocycles. The van der Waals surface area contributed by atoms with Crippen LogP contribution in [-0.4, -0.2) is 57.5 Å². The van der Waals surface area contributed by atoms with Crippen LogP contribution in [0.1, 0.15) is 35.3 Å². The number of hydrogen-bond acceptors (Lipinski definition) is 5. The Hall–Kier alpha value is -3.20. The minimum atomic E-state index is -0.319. The molecule has 4 rings (SSSR count). The van der Waals surface area contributed by atoms with Gasteiger partial charge in [0.15, 0.2) is 0 Å². The molecular weight excluding hydrogens is 398 g/mol. The van der Waals surface area contributed by atoms with Crippen LogP contribution in [0.2, 0.25) is 0 Å². The Labute approximate surface area is 179 Å². The van der Waals surface area contributed by atoms with Crippen LogP contribution < -0.4 is 11.3 Å². The number of hydrogen-bond donors (Lipinski definition) is 1. The number of piperidine rings is 1. The maximum atomic E-state index is 13.4. The summed E-state index contributed by atoms with van der Waals surface area (Å²) in [5.41, 5.74) is 7.61. The number of methoxy groups -OCH3 is 1. The molecule has 0 saturated carbocycles. The zero-order chi connectivity index (χ0) is 22.1. The number of nitrogens with zero attached hydrogens (tertiary/aromatic N) is 4. The van der Waals surface area contributed by atoms with Crippen LogP contribution >= 0.6 is 0 Å². The highest BCUT2D eigenvalue weighted by atomic mass is 16.5. The lowest BCUT2D eigenvalue weighted by Crippen LogP contribution is -2.42. The molecule has 0 spiro atoms. The number of aromatic nitrogens is 3. The third kappa shape index (κ3) is 3.81. The predicted molar refractivity (Wildman–Crippen MR) is 116 cm³/mol. The van der Waals surface area contributed by atoms with Crippen LogP contribution in [0, 0.1) is 12.8 Å². The number of amides is 2. The van der Waals surface area contributed by atoms with Gasteiger partial charge in [0.1, 0.15) is 17.0 Å². The molecule has 2 amide bonds. The van der Waals surface area contributed by atoms with Crippen molar-refractivity contribution in [3.8, 4) is 0 Å². The highest BCUT2D eigenvalue weighted by Gasteiger charge is 2.29. The first kappa shape index (κ1) is 21.0. The summed E-state index contributed by atoms with van der Waals surface area (Å²) in [5, 5.41) is 0.413. The maximum Gasteiger partial charge on any atom is 0.270 e. The van der Waals surface area contributed by atoms with Crippen LogP contribution in [0.15, 0.2) is 29.2 Å². The number of aryl methyl sites for hydroxylation is 2. The number of fused-ring (bicyclic) bond motifs is 2. The minimum Gasteiger partial charge on any atom is -0.385 e. The molecule has 1 aliphatic heterocycles. The number of primary amides is 1. The molecule has 1 fully saturated rings. The molecule has 0 radical (unpaired) electrons. The first-order chi connectivity index (χ1) is 14.9. The molecule has 0 unspecified atom stereocenters. The summed E-state index contributed by atoms with van der Waals surface area (Å²) in [7, 11) is 1.63. The Bertz CT molecular complexity index is 1200. The van der Waals surface area contributed by atoms with E-state index in [2.05, 4.69) is 0 Å². The van der Waals surface area contributed by atoms with Crippen molar-refractivity contribution >= 4 is 28.5 Å². The first-order valence-electron chi connectivity index (χ1n) is 10.5. The van der Waals surface area contributed by atoms with Crippen molar-refractivity contribution in [1.82, 2.24) is 18.9 Å². The third-order valence-corrected chi connectivity index (χ3v) is 6.03. The summed E-state index contributed by atoms with van der Waals surface area (Å²) in [5.74, 6) is -0.681. The van der Waals surface area contributed by atoms with Crippen LogP contribution in [0.3, 0.4) is 0 Å². The van der Waals surface area contributed by atoms with E-state index >= 15 is 0 Å². The van der Waals surface area contributed by atoms with Gasteiger partial charge in [-0.1, -0.05) is 6.07 Å². The average molecular weight is 425 g/mol. The summed E-state index contributed by atoms with van der Waals surface area (Å²) in [4.78, 5) is 44.5. The minimum absolute atomic E-state index is 0.163. The molecule has 1 saturated heterocycles. The molecular formula is C22H27N5O4. The second-order valence-corrected chi connectivity index (χ2v) is 8.04. The highest BCUT2D eigenvalue weighted by Crippen LogP contribution is 2.23. The van der Waals surface area contributed by atoms with E-state index in [0.29, 0.717) is 67.9 Å². The maximum absolute atomic E-state index is 13.4. The molecule has 31 heavy (non-hydrogen) atoms. The van der Waals surface area contributed by atoms with Gasteiger partial charge >= 0.3 is 0 Å². The first-order valence-corrected chi connectivity index (χ1v) is 10.5. The second kappa shape index (κ2) is 8.50. The lowest BCUT2D eigenvalue weighted by atomic mass is 9.96. The summed E-state index contributed by atoms with van der Waals surface area (Å²) in [6, 6.07) is 5.36. The molecule has 0 atom stereocenters. The lowest BCUT2D eigenvalue weighted by Gasteiger charge is -2.30. The van der Waals surface area contributed by atoms with E-state index in [4.69, 9.17) is 15.5 Å². The fourth-order valence-electron chi connectivity index (χ4n) is 4.26. The molecule has 3 aromatic rings. The van der Waals surface area contributed by atoms with E-state index in [9.17, 15) is 14.4 Å². The van der Waals surface area contributed by atoms with Crippen LogP contribution in [0.5, 0.6) is 0 Å². The molecule has 0 bridgehead atoms. The van der Waals surface area contributed by atoms with Gasteiger partial charge in [-0.25, -0.2) is 4.98 Å². The van der Waals surface area contributed by atoms with E-state index in [1.807, 2.05) is 23.6 Å². The molecule has 9 nitrogen and oxygen atoms in total. The third-order valence-electron chi connectivity index (χ3n) is 6.03. The van der Waals surface area contributed by atoms with E-state index in [0.717, 1.165) is 5.56 Å². The number of carbonyl (C=O) groups is 2. The van der Waals surface area contributed by atoms with Crippen LogP contribution in [-0.2, 0) is 16.1 Å². The molecule has 2 N–H and O–H groups in total. The largest absolute Gasteiger partial charge is 0.385 e. The van der Waals surface area contributed by atoms with Crippen molar-refractivity contribution in [1.29, 1.82) is 0 Å². The van der Waals surface area contributed by atoms with E-state index in [-0.39, 0.29) is 23.3 Å². The van der Waals surface area contributed by atoms with Crippen LogP contribution in [0.4, 0.5) is 0 Å². The topological polar surface area (TPSA) is 112 Å². The number of carbonyl (C=O) groups excluding carboxylic acids is 2. The van der Waals surface area contributed by atoms with Gasteiger partial charge in [0.25, 0.3) is 11.5 Å². The van der Waals surface area contributed by atoms with Gasteiger partial charge in [-0.05, 0) is 43.9 Å².